The van der Waals surface area contributed by atoms with Crippen LogP contribution in [0.25, 0.3) is 0 Å². The van der Waals surface area contributed by atoms with Gasteiger partial charge in [-0.15, -0.1) is 0 Å². The highest BCUT2D eigenvalue weighted by atomic mass is 19.1. The van der Waals surface area contributed by atoms with Gasteiger partial charge in [-0.2, -0.15) is 0 Å². The second-order valence-corrected chi connectivity index (χ2v) is 8.40. The highest BCUT2D eigenvalue weighted by molar-refractivity contribution is 6.53. The Morgan fingerprint density at radius 3 is 1.76 bits per heavy atom. The first kappa shape index (κ1) is 15.5. The van der Waals surface area contributed by atoms with E-state index in [0.29, 0.717) is 12.8 Å². The van der Waals surface area contributed by atoms with Gasteiger partial charge in [-0.05, 0) is 72.8 Å². The summed E-state index contributed by atoms with van der Waals surface area (Å²) in [5.74, 6) is 0. The summed E-state index contributed by atoms with van der Waals surface area (Å²) in [7, 11) is -0.880. The summed E-state index contributed by atoms with van der Waals surface area (Å²) in [5, 5.41) is 0. The second kappa shape index (κ2) is 4.33. The van der Waals surface area contributed by atoms with E-state index in [-0.39, 0.29) is 16.9 Å². The number of fused-ring (bicyclic) bond motifs is 2. The van der Waals surface area contributed by atoms with Crippen LogP contribution in [0.1, 0.15) is 67.2 Å². The predicted octanol–water partition coefficient (Wildman–Crippen LogP) is 3.96. The lowest BCUT2D eigenvalue weighted by molar-refractivity contribution is -0.103. The summed E-state index contributed by atoms with van der Waals surface area (Å²) in [6.07, 6.45) is 3.25. The van der Waals surface area contributed by atoms with Crippen molar-refractivity contribution in [2.24, 2.45) is 0 Å². The van der Waals surface area contributed by atoms with Gasteiger partial charge in [-0.1, -0.05) is 0 Å². The lowest BCUT2D eigenvalue weighted by Crippen LogP contribution is -2.41. The molecule has 0 spiro atoms. The van der Waals surface area contributed by atoms with E-state index in [1.165, 1.54) is 0 Å². The molecule has 3 nitrogen and oxygen atoms in total. The van der Waals surface area contributed by atoms with Crippen LogP contribution in [0.5, 0.6) is 0 Å². The van der Waals surface area contributed by atoms with Crippen LogP contribution in [0, 0.1) is 0 Å². The molecule has 21 heavy (non-hydrogen) atoms. The molecule has 0 aromatic carbocycles. The number of hydrogen-bond donors (Lipinski definition) is 0. The minimum Gasteiger partial charge on any atom is -0.398 e. The van der Waals surface area contributed by atoms with Crippen molar-refractivity contribution in [2.45, 2.75) is 89.6 Å². The molecule has 0 aromatic heterocycles. The molecule has 0 radical (unpaired) electrons. The van der Waals surface area contributed by atoms with Crippen LogP contribution in [0.2, 0.25) is 0 Å². The first-order valence-corrected chi connectivity index (χ1v) is 7.89. The van der Waals surface area contributed by atoms with Crippen molar-refractivity contribution >= 4 is 7.12 Å². The van der Waals surface area contributed by atoms with Crippen molar-refractivity contribution in [3.63, 3.8) is 0 Å². The molecule has 3 aliphatic rings. The van der Waals surface area contributed by atoms with Crippen LogP contribution in [0.4, 0.5) is 4.39 Å². The van der Waals surface area contributed by atoms with Crippen LogP contribution >= 0.6 is 0 Å². The zero-order valence-corrected chi connectivity index (χ0v) is 14.0. The Labute approximate surface area is 127 Å². The molecule has 2 atom stereocenters. The van der Waals surface area contributed by atoms with Crippen LogP contribution < -0.4 is 0 Å². The number of ether oxygens (including phenoxy) is 1. The summed E-state index contributed by atoms with van der Waals surface area (Å²) in [4.78, 5) is 0. The summed E-state index contributed by atoms with van der Waals surface area (Å²) in [6.45, 7) is 11.9. The molecule has 0 saturated carbocycles. The van der Waals surface area contributed by atoms with Crippen LogP contribution in [0.15, 0.2) is 11.3 Å². The Morgan fingerprint density at radius 2 is 1.33 bits per heavy atom. The third-order valence-electron chi connectivity index (χ3n) is 5.65. The van der Waals surface area contributed by atoms with Gasteiger partial charge in [0.05, 0.1) is 22.4 Å². The highest BCUT2D eigenvalue weighted by Gasteiger charge is 2.55. The smallest absolute Gasteiger partial charge is 0.398 e. The summed E-state index contributed by atoms with van der Waals surface area (Å²) in [6, 6.07) is 0. The number of halogens is 1. The standard InChI is InChI=1S/C16H26BFO3/c1-13(2)14(3,4)21-17(20-13)12(18)11-9-15(5)7-8-16(6,10-11)19-15/h7-10H2,1-6H3. The van der Waals surface area contributed by atoms with Gasteiger partial charge in [0.15, 0.2) is 0 Å². The van der Waals surface area contributed by atoms with E-state index in [0.717, 1.165) is 18.4 Å². The van der Waals surface area contributed by atoms with E-state index in [2.05, 4.69) is 13.8 Å². The van der Waals surface area contributed by atoms with E-state index < -0.39 is 18.3 Å². The molecule has 5 heteroatoms. The Balaban J connectivity index is 1.87. The number of rotatable bonds is 1. The summed E-state index contributed by atoms with van der Waals surface area (Å²) >= 11 is 0. The number of hydrogen-bond acceptors (Lipinski definition) is 3. The fourth-order valence-corrected chi connectivity index (χ4v) is 3.72. The van der Waals surface area contributed by atoms with E-state index in [4.69, 9.17) is 14.0 Å². The molecule has 3 aliphatic heterocycles. The van der Waals surface area contributed by atoms with Gasteiger partial charge in [-0.25, -0.2) is 4.39 Å². The van der Waals surface area contributed by atoms with Crippen molar-refractivity contribution in [3.8, 4) is 0 Å². The van der Waals surface area contributed by atoms with Crippen molar-refractivity contribution < 1.29 is 18.4 Å². The monoisotopic (exact) mass is 296 g/mol. The average Bonchev–Trinajstić information content (AvgIpc) is 2.67. The minimum absolute atomic E-state index is 0.233. The molecule has 0 N–H and O–H groups in total. The molecule has 0 amide bonds. The molecule has 3 saturated heterocycles. The fraction of sp³-hybridized carbons (Fsp3) is 0.875. The van der Waals surface area contributed by atoms with E-state index in [9.17, 15) is 4.39 Å². The third kappa shape index (κ3) is 2.47. The normalized spacial score (nSPS) is 40.7. The SMILES string of the molecule is CC12CCC(C)(CC(=C(F)B3OC(C)(C)C(C)(C)O3)C1)O2. The van der Waals surface area contributed by atoms with Crippen molar-refractivity contribution in [1.29, 1.82) is 0 Å². The van der Waals surface area contributed by atoms with Crippen LogP contribution in [0.3, 0.4) is 0 Å². The van der Waals surface area contributed by atoms with E-state index >= 15 is 0 Å². The predicted molar refractivity (Wildman–Crippen MR) is 80.6 cm³/mol. The maximum Gasteiger partial charge on any atom is 0.525 e. The molecule has 118 valence electrons. The highest BCUT2D eigenvalue weighted by Crippen LogP contribution is 2.51. The van der Waals surface area contributed by atoms with Crippen LogP contribution in [-0.4, -0.2) is 29.5 Å². The molecule has 0 aliphatic carbocycles. The summed E-state index contributed by atoms with van der Waals surface area (Å²) in [5.41, 5.74) is -0.910. The molecule has 3 heterocycles. The maximum atomic E-state index is 15.0. The van der Waals surface area contributed by atoms with Crippen LogP contribution in [-0.2, 0) is 14.0 Å². The van der Waals surface area contributed by atoms with Gasteiger partial charge < -0.3 is 14.0 Å². The second-order valence-electron chi connectivity index (χ2n) is 8.40. The van der Waals surface area contributed by atoms with Gasteiger partial charge in [0.2, 0.25) is 0 Å². The molecule has 3 rings (SSSR count). The Kier molecular flexibility index (Phi) is 3.20. The minimum atomic E-state index is -0.880. The largest absolute Gasteiger partial charge is 0.525 e. The van der Waals surface area contributed by atoms with Gasteiger partial charge in [0.1, 0.15) is 5.73 Å². The first-order valence-electron chi connectivity index (χ1n) is 7.89. The lowest BCUT2D eigenvalue weighted by Gasteiger charge is -2.38. The molecular formula is C16H26BFO3. The van der Waals surface area contributed by atoms with Gasteiger partial charge in [0, 0.05) is 0 Å². The third-order valence-corrected chi connectivity index (χ3v) is 5.65. The molecule has 3 fully saturated rings. The average molecular weight is 296 g/mol. The van der Waals surface area contributed by atoms with Crippen molar-refractivity contribution in [3.05, 3.63) is 11.3 Å². The van der Waals surface area contributed by atoms with Gasteiger partial charge >= 0.3 is 7.12 Å². The first-order chi connectivity index (χ1) is 9.46. The van der Waals surface area contributed by atoms with Crippen molar-refractivity contribution in [1.82, 2.24) is 0 Å². The molecule has 2 bridgehead atoms. The van der Waals surface area contributed by atoms with Gasteiger partial charge in [-0.3, -0.25) is 0 Å². The zero-order valence-electron chi connectivity index (χ0n) is 14.0. The molecular weight excluding hydrogens is 270 g/mol. The Morgan fingerprint density at radius 1 is 0.905 bits per heavy atom. The van der Waals surface area contributed by atoms with Crippen molar-refractivity contribution in [2.75, 3.05) is 0 Å². The lowest BCUT2D eigenvalue weighted by atomic mass is 9.78. The molecule has 2 unspecified atom stereocenters. The fourth-order valence-electron chi connectivity index (χ4n) is 3.72. The van der Waals surface area contributed by atoms with E-state index in [1.54, 1.807) is 0 Å². The molecule has 0 aromatic rings. The topological polar surface area (TPSA) is 27.7 Å². The van der Waals surface area contributed by atoms with Gasteiger partial charge in [0.25, 0.3) is 0 Å². The zero-order chi connectivity index (χ0) is 15.7. The Bertz CT molecular complexity index is 466. The van der Waals surface area contributed by atoms with E-state index in [1.807, 2.05) is 27.7 Å². The maximum absolute atomic E-state index is 15.0. The summed E-state index contributed by atoms with van der Waals surface area (Å²) < 4.78 is 32.8. The Hall–Kier alpha value is -0.385. The quantitative estimate of drug-likeness (QED) is 0.685.